The molecule has 0 spiro atoms. The molecule has 0 bridgehead atoms. The monoisotopic (exact) mass is 338 g/mol. The summed E-state index contributed by atoms with van der Waals surface area (Å²) in [4.78, 5) is 12.2. The van der Waals surface area contributed by atoms with Gasteiger partial charge in [0.2, 0.25) is 0 Å². The van der Waals surface area contributed by atoms with Crippen molar-refractivity contribution in [2.45, 2.75) is 19.4 Å². The fourth-order valence-corrected chi connectivity index (χ4v) is 2.94. The summed E-state index contributed by atoms with van der Waals surface area (Å²) >= 11 is 5.03. The van der Waals surface area contributed by atoms with E-state index in [0.717, 1.165) is 10.9 Å². The van der Waals surface area contributed by atoms with Gasteiger partial charge in [0, 0.05) is 16.2 Å². The molecule has 1 heterocycles. The van der Waals surface area contributed by atoms with Gasteiger partial charge in [-0.05, 0) is 69.9 Å². The molecule has 100 valence electrons. The maximum atomic E-state index is 12.2. The average molecular weight is 339 g/mol. The highest BCUT2D eigenvalue weighted by molar-refractivity contribution is 9.10. The van der Waals surface area contributed by atoms with Gasteiger partial charge < -0.3 is 11.1 Å². The average Bonchev–Trinajstić information content (AvgIpc) is 2.84. The van der Waals surface area contributed by atoms with Gasteiger partial charge in [-0.25, -0.2) is 0 Å². The molecule has 0 aliphatic carbocycles. The van der Waals surface area contributed by atoms with Crippen molar-refractivity contribution in [3.63, 3.8) is 0 Å². The topological polar surface area (TPSA) is 55.1 Å². The van der Waals surface area contributed by atoms with E-state index in [-0.39, 0.29) is 11.9 Å². The van der Waals surface area contributed by atoms with Crippen LogP contribution in [0.15, 0.2) is 39.5 Å². The van der Waals surface area contributed by atoms with Crippen LogP contribution in [0.3, 0.4) is 0 Å². The maximum absolute atomic E-state index is 12.2. The minimum Gasteiger partial charge on any atom is -0.399 e. The molecule has 1 aromatic heterocycles. The van der Waals surface area contributed by atoms with Crippen molar-refractivity contribution in [1.82, 2.24) is 5.32 Å². The van der Waals surface area contributed by atoms with E-state index >= 15 is 0 Å². The highest BCUT2D eigenvalue weighted by Crippen LogP contribution is 2.19. The van der Waals surface area contributed by atoms with Crippen molar-refractivity contribution in [1.29, 1.82) is 0 Å². The van der Waals surface area contributed by atoms with Crippen LogP contribution in [0, 0.1) is 0 Å². The fraction of sp³-hybridized carbons (Fsp3) is 0.214. The van der Waals surface area contributed by atoms with Gasteiger partial charge in [0.1, 0.15) is 0 Å². The van der Waals surface area contributed by atoms with Crippen LogP contribution in [-0.4, -0.2) is 11.9 Å². The molecule has 2 rings (SSSR count). The zero-order chi connectivity index (χ0) is 13.8. The Kier molecular flexibility index (Phi) is 4.61. The summed E-state index contributed by atoms with van der Waals surface area (Å²) in [7, 11) is 0. The molecule has 0 saturated heterocycles. The van der Waals surface area contributed by atoms with E-state index in [9.17, 15) is 4.79 Å². The van der Waals surface area contributed by atoms with Gasteiger partial charge in [-0.15, -0.1) is 0 Å². The summed E-state index contributed by atoms with van der Waals surface area (Å²) in [6, 6.07) is 7.37. The third-order valence-electron chi connectivity index (χ3n) is 2.73. The second-order valence-corrected chi connectivity index (χ2v) is 6.08. The van der Waals surface area contributed by atoms with E-state index in [4.69, 9.17) is 5.73 Å². The first-order valence-electron chi connectivity index (χ1n) is 5.93. The summed E-state index contributed by atoms with van der Waals surface area (Å²) in [5.41, 5.74) is 8.10. The summed E-state index contributed by atoms with van der Waals surface area (Å²) in [5, 5.41) is 7.12. The predicted octanol–water partition coefficient (Wildman–Crippen LogP) is 3.45. The van der Waals surface area contributed by atoms with Gasteiger partial charge in [0.25, 0.3) is 5.91 Å². The zero-order valence-corrected chi connectivity index (χ0v) is 12.9. The molecule has 1 atom stereocenters. The van der Waals surface area contributed by atoms with Crippen molar-refractivity contribution in [3.8, 4) is 0 Å². The number of nitrogens with two attached hydrogens (primary N) is 1. The van der Waals surface area contributed by atoms with Crippen LogP contribution in [0.1, 0.15) is 22.8 Å². The Morgan fingerprint density at radius 1 is 1.47 bits per heavy atom. The molecule has 2 aromatic rings. The lowest BCUT2D eigenvalue weighted by molar-refractivity contribution is 0.0939. The summed E-state index contributed by atoms with van der Waals surface area (Å²) < 4.78 is 0.752. The molecular weight excluding hydrogens is 324 g/mol. The van der Waals surface area contributed by atoms with Gasteiger partial charge in [0.15, 0.2) is 0 Å². The molecule has 0 aliphatic heterocycles. The molecule has 0 radical (unpaired) electrons. The summed E-state index contributed by atoms with van der Waals surface area (Å²) in [6.07, 6.45) is 0.829. The van der Waals surface area contributed by atoms with Crippen LogP contribution in [-0.2, 0) is 6.42 Å². The number of rotatable bonds is 4. The number of carbonyl (C=O) groups excluding carboxylic acids is 1. The highest BCUT2D eigenvalue weighted by Gasteiger charge is 2.13. The van der Waals surface area contributed by atoms with E-state index in [1.165, 1.54) is 5.56 Å². The van der Waals surface area contributed by atoms with E-state index in [0.29, 0.717) is 11.3 Å². The first-order chi connectivity index (χ1) is 9.06. The Hall–Kier alpha value is -1.33. The summed E-state index contributed by atoms with van der Waals surface area (Å²) in [6.45, 7) is 2.00. The SMILES string of the molecule is CC(Cc1ccsc1)NC(=O)c1cc(N)ccc1Br. The molecule has 0 fully saturated rings. The van der Waals surface area contributed by atoms with Crippen LogP contribution in [0.2, 0.25) is 0 Å². The van der Waals surface area contributed by atoms with Crippen molar-refractivity contribution in [2.24, 2.45) is 0 Å². The molecular formula is C14H15BrN2OS. The van der Waals surface area contributed by atoms with Crippen molar-refractivity contribution < 1.29 is 4.79 Å². The smallest absolute Gasteiger partial charge is 0.252 e. The van der Waals surface area contributed by atoms with Crippen molar-refractivity contribution >= 4 is 38.9 Å². The third-order valence-corrected chi connectivity index (χ3v) is 4.16. The first-order valence-corrected chi connectivity index (χ1v) is 7.67. The Balaban J connectivity index is 2.02. The molecule has 3 nitrogen and oxygen atoms in total. The van der Waals surface area contributed by atoms with E-state index < -0.39 is 0 Å². The Morgan fingerprint density at radius 3 is 2.95 bits per heavy atom. The number of thiophene rings is 1. The van der Waals surface area contributed by atoms with Gasteiger partial charge in [-0.2, -0.15) is 11.3 Å². The minimum atomic E-state index is -0.109. The lowest BCUT2D eigenvalue weighted by atomic mass is 10.1. The second-order valence-electron chi connectivity index (χ2n) is 4.45. The minimum absolute atomic E-state index is 0.0791. The number of nitrogen functional groups attached to an aromatic ring is 1. The molecule has 0 aliphatic rings. The standard InChI is InChI=1S/C14H15BrN2OS/c1-9(6-10-4-5-19-8-10)17-14(18)12-7-11(16)2-3-13(12)15/h2-5,7-9H,6,16H2,1H3,(H,17,18). The largest absolute Gasteiger partial charge is 0.399 e. The Bertz CT molecular complexity index is 569. The lowest BCUT2D eigenvalue weighted by Crippen LogP contribution is -2.34. The third kappa shape index (κ3) is 3.81. The number of carbonyl (C=O) groups is 1. The van der Waals surface area contributed by atoms with Gasteiger partial charge in [-0.3, -0.25) is 4.79 Å². The number of amides is 1. The maximum Gasteiger partial charge on any atom is 0.252 e. The Morgan fingerprint density at radius 2 is 2.26 bits per heavy atom. The van der Waals surface area contributed by atoms with Gasteiger partial charge >= 0.3 is 0 Å². The first kappa shape index (κ1) is 14.1. The number of benzene rings is 1. The zero-order valence-electron chi connectivity index (χ0n) is 10.5. The molecule has 1 amide bonds. The van der Waals surface area contributed by atoms with E-state index in [1.807, 2.05) is 12.3 Å². The Labute approximate surface area is 125 Å². The van der Waals surface area contributed by atoms with E-state index in [1.54, 1.807) is 29.5 Å². The molecule has 19 heavy (non-hydrogen) atoms. The van der Waals surface area contributed by atoms with Gasteiger partial charge in [0.05, 0.1) is 5.56 Å². The van der Waals surface area contributed by atoms with Crippen molar-refractivity contribution in [3.05, 3.63) is 50.6 Å². The number of anilines is 1. The lowest BCUT2D eigenvalue weighted by Gasteiger charge is -2.14. The highest BCUT2D eigenvalue weighted by atomic mass is 79.9. The van der Waals surface area contributed by atoms with Crippen molar-refractivity contribution in [2.75, 3.05) is 5.73 Å². The normalized spacial score (nSPS) is 12.1. The second kappa shape index (κ2) is 6.21. The van der Waals surface area contributed by atoms with E-state index in [2.05, 4.69) is 32.7 Å². The number of hydrogen-bond acceptors (Lipinski definition) is 3. The number of halogens is 1. The van der Waals surface area contributed by atoms with Crippen LogP contribution >= 0.6 is 27.3 Å². The van der Waals surface area contributed by atoms with Crippen LogP contribution in [0.25, 0.3) is 0 Å². The van der Waals surface area contributed by atoms with Crippen LogP contribution in [0.4, 0.5) is 5.69 Å². The molecule has 3 N–H and O–H groups in total. The fourth-order valence-electron chi connectivity index (χ4n) is 1.83. The van der Waals surface area contributed by atoms with Gasteiger partial charge in [-0.1, -0.05) is 0 Å². The van der Waals surface area contributed by atoms with Crippen LogP contribution < -0.4 is 11.1 Å². The molecule has 5 heteroatoms. The number of nitrogens with one attached hydrogen (secondary N) is 1. The van der Waals surface area contributed by atoms with Crippen LogP contribution in [0.5, 0.6) is 0 Å². The molecule has 0 saturated carbocycles. The molecule has 1 aromatic carbocycles. The summed E-state index contributed by atoms with van der Waals surface area (Å²) in [5.74, 6) is -0.109. The quantitative estimate of drug-likeness (QED) is 0.839. The molecule has 1 unspecified atom stereocenters. The number of hydrogen-bond donors (Lipinski definition) is 2. The predicted molar refractivity (Wildman–Crippen MR) is 83.5 cm³/mol.